The molecule has 0 radical (unpaired) electrons. The van der Waals surface area contributed by atoms with Gasteiger partial charge in [-0.1, -0.05) is 13.8 Å². The molecule has 0 aromatic carbocycles. The van der Waals surface area contributed by atoms with E-state index in [1.54, 1.807) is 6.33 Å². The molecule has 1 unspecified atom stereocenters. The van der Waals surface area contributed by atoms with Gasteiger partial charge in [0.15, 0.2) is 5.65 Å². The number of hydrogen-bond acceptors (Lipinski definition) is 5. The maximum Gasteiger partial charge on any atom is 0.348 e. The van der Waals surface area contributed by atoms with Crippen LogP contribution in [0.5, 0.6) is 0 Å². The van der Waals surface area contributed by atoms with Crippen LogP contribution in [0.25, 0.3) is 5.65 Å². The number of nitrogens with zero attached hydrogens (tertiary/aromatic N) is 4. The van der Waals surface area contributed by atoms with E-state index in [0.717, 1.165) is 25.5 Å². The minimum atomic E-state index is -0.249. The minimum absolute atomic E-state index is 0.249. The van der Waals surface area contributed by atoms with Crippen molar-refractivity contribution in [1.82, 2.24) is 24.9 Å². The zero-order valence-corrected chi connectivity index (χ0v) is 12.5. The summed E-state index contributed by atoms with van der Waals surface area (Å²) in [5, 5.41) is 9.96. The van der Waals surface area contributed by atoms with Crippen LogP contribution >= 0.6 is 0 Å². The summed E-state index contributed by atoms with van der Waals surface area (Å²) >= 11 is 0. The van der Waals surface area contributed by atoms with Gasteiger partial charge in [0.05, 0.1) is 0 Å². The van der Waals surface area contributed by atoms with Gasteiger partial charge in [-0.3, -0.25) is 0 Å². The van der Waals surface area contributed by atoms with Crippen LogP contribution < -0.4 is 15.9 Å². The molecule has 0 bridgehead atoms. The Morgan fingerprint density at radius 3 is 3.19 bits per heavy atom. The number of nitrogens with one attached hydrogen (secondary N) is 2. The summed E-state index contributed by atoms with van der Waals surface area (Å²) in [6.07, 6.45) is 3.90. The molecule has 3 rings (SSSR count). The fourth-order valence-corrected chi connectivity index (χ4v) is 2.85. The van der Waals surface area contributed by atoms with Crippen LogP contribution in [0, 0.1) is 5.92 Å². The lowest BCUT2D eigenvalue weighted by Gasteiger charge is -2.26. The quantitative estimate of drug-likeness (QED) is 0.844. The second kappa shape index (κ2) is 5.85. The molecule has 0 spiro atoms. The van der Waals surface area contributed by atoms with E-state index in [9.17, 15) is 4.79 Å². The first-order valence-electron chi connectivity index (χ1n) is 7.55. The summed E-state index contributed by atoms with van der Waals surface area (Å²) in [5.41, 5.74) is 0.367. The van der Waals surface area contributed by atoms with Gasteiger partial charge in [-0.2, -0.15) is 5.10 Å². The molecule has 21 heavy (non-hydrogen) atoms. The predicted octanol–water partition coefficient (Wildman–Crippen LogP) is 0.632. The number of aromatic amines is 1. The molecule has 1 saturated heterocycles. The van der Waals surface area contributed by atoms with Crippen molar-refractivity contribution in [2.75, 3.05) is 24.5 Å². The monoisotopic (exact) mass is 290 g/mol. The zero-order valence-electron chi connectivity index (χ0n) is 12.5. The zero-order chi connectivity index (χ0) is 14.8. The van der Waals surface area contributed by atoms with E-state index < -0.39 is 0 Å². The van der Waals surface area contributed by atoms with Crippen LogP contribution in [0.3, 0.4) is 0 Å². The Morgan fingerprint density at radius 1 is 1.52 bits per heavy atom. The Labute approximate surface area is 123 Å². The van der Waals surface area contributed by atoms with Crippen molar-refractivity contribution in [2.45, 2.75) is 32.7 Å². The standard InChI is InChI=1S/C14H22N6O/c1-10(2)7-15-8-11-4-3-5-19(11)12-6-13-17-18-14(21)20(13)9-16-12/h6,9-11,15H,3-5,7-8H2,1-2H3,(H,18,21). The number of hydrogen-bond donors (Lipinski definition) is 2. The first-order chi connectivity index (χ1) is 10.1. The highest BCUT2D eigenvalue weighted by Crippen LogP contribution is 2.23. The van der Waals surface area contributed by atoms with E-state index in [1.807, 2.05) is 6.07 Å². The molecule has 2 aromatic heterocycles. The fraction of sp³-hybridized carbons (Fsp3) is 0.643. The molecule has 1 aliphatic heterocycles. The van der Waals surface area contributed by atoms with Crippen LogP contribution in [0.4, 0.5) is 5.82 Å². The van der Waals surface area contributed by atoms with Gasteiger partial charge in [-0.05, 0) is 25.3 Å². The molecule has 7 heteroatoms. The van der Waals surface area contributed by atoms with Gasteiger partial charge >= 0.3 is 5.69 Å². The average Bonchev–Trinajstić information content (AvgIpc) is 3.05. The van der Waals surface area contributed by atoms with Crippen LogP contribution in [0.2, 0.25) is 0 Å². The Hall–Kier alpha value is -1.89. The normalized spacial score (nSPS) is 19.0. The Morgan fingerprint density at radius 2 is 2.38 bits per heavy atom. The first kappa shape index (κ1) is 14.1. The summed E-state index contributed by atoms with van der Waals surface area (Å²) < 4.78 is 1.42. The molecule has 2 aromatic rings. The largest absolute Gasteiger partial charge is 0.352 e. The van der Waals surface area contributed by atoms with Crippen molar-refractivity contribution in [3.05, 3.63) is 22.9 Å². The average molecular weight is 290 g/mol. The van der Waals surface area contributed by atoms with E-state index in [-0.39, 0.29) is 5.69 Å². The molecule has 7 nitrogen and oxygen atoms in total. The highest BCUT2D eigenvalue weighted by atomic mass is 16.1. The van der Waals surface area contributed by atoms with Gasteiger partial charge in [0.25, 0.3) is 0 Å². The second-order valence-corrected chi connectivity index (χ2v) is 6.05. The summed E-state index contributed by atoms with van der Waals surface area (Å²) in [4.78, 5) is 18.2. The molecule has 0 amide bonds. The molecule has 3 heterocycles. The van der Waals surface area contributed by atoms with E-state index in [4.69, 9.17) is 0 Å². The molecular formula is C14H22N6O. The van der Waals surface area contributed by atoms with Gasteiger partial charge in [-0.15, -0.1) is 0 Å². The Bertz CT molecular complexity index is 661. The van der Waals surface area contributed by atoms with Crippen LogP contribution in [0.1, 0.15) is 26.7 Å². The third-order valence-electron chi connectivity index (χ3n) is 3.90. The second-order valence-electron chi connectivity index (χ2n) is 6.05. The van der Waals surface area contributed by atoms with Crippen molar-refractivity contribution in [3.63, 3.8) is 0 Å². The Kier molecular flexibility index (Phi) is 3.92. The van der Waals surface area contributed by atoms with Crippen molar-refractivity contribution in [3.8, 4) is 0 Å². The minimum Gasteiger partial charge on any atom is -0.352 e. The van der Waals surface area contributed by atoms with Crippen LogP contribution in [-0.4, -0.2) is 45.3 Å². The predicted molar refractivity (Wildman–Crippen MR) is 81.7 cm³/mol. The van der Waals surface area contributed by atoms with E-state index in [2.05, 4.69) is 39.2 Å². The summed E-state index contributed by atoms with van der Waals surface area (Å²) in [6, 6.07) is 2.34. The van der Waals surface area contributed by atoms with Crippen LogP contribution in [-0.2, 0) is 0 Å². The van der Waals surface area contributed by atoms with Crippen molar-refractivity contribution >= 4 is 11.5 Å². The lowest BCUT2D eigenvalue weighted by Crippen LogP contribution is -2.39. The van der Waals surface area contributed by atoms with Gasteiger partial charge in [0.1, 0.15) is 12.1 Å². The summed E-state index contributed by atoms with van der Waals surface area (Å²) in [6.45, 7) is 7.43. The van der Waals surface area contributed by atoms with Crippen LogP contribution in [0.15, 0.2) is 17.2 Å². The topological polar surface area (TPSA) is 78.3 Å². The lowest BCUT2D eigenvalue weighted by molar-refractivity contribution is 0.511. The molecule has 114 valence electrons. The number of aromatic nitrogens is 4. The maximum atomic E-state index is 11.5. The third kappa shape index (κ3) is 2.92. The number of H-pyrrole nitrogens is 1. The fourth-order valence-electron chi connectivity index (χ4n) is 2.85. The highest BCUT2D eigenvalue weighted by Gasteiger charge is 2.25. The SMILES string of the molecule is CC(C)CNCC1CCCN1c1cc2n[nH]c(=O)n2cn1. The maximum absolute atomic E-state index is 11.5. The first-order valence-corrected chi connectivity index (χ1v) is 7.55. The van der Waals surface area contributed by atoms with E-state index in [1.165, 1.54) is 17.2 Å². The smallest absolute Gasteiger partial charge is 0.348 e. The van der Waals surface area contributed by atoms with E-state index in [0.29, 0.717) is 17.6 Å². The molecular weight excluding hydrogens is 268 g/mol. The molecule has 0 saturated carbocycles. The van der Waals surface area contributed by atoms with E-state index >= 15 is 0 Å². The molecule has 1 atom stereocenters. The molecule has 1 fully saturated rings. The highest BCUT2D eigenvalue weighted by molar-refractivity contribution is 5.51. The van der Waals surface area contributed by atoms with Gasteiger partial charge in [0.2, 0.25) is 0 Å². The Balaban J connectivity index is 1.75. The molecule has 1 aliphatic rings. The number of rotatable bonds is 5. The van der Waals surface area contributed by atoms with Gasteiger partial charge in [-0.25, -0.2) is 19.3 Å². The van der Waals surface area contributed by atoms with Crippen molar-refractivity contribution in [1.29, 1.82) is 0 Å². The molecule has 0 aliphatic carbocycles. The van der Waals surface area contributed by atoms with Gasteiger partial charge < -0.3 is 10.2 Å². The molecule has 2 N–H and O–H groups in total. The lowest BCUT2D eigenvalue weighted by atomic mass is 10.2. The summed E-state index contributed by atoms with van der Waals surface area (Å²) in [5.74, 6) is 1.56. The third-order valence-corrected chi connectivity index (χ3v) is 3.90. The van der Waals surface area contributed by atoms with Crippen molar-refractivity contribution < 1.29 is 0 Å². The van der Waals surface area contributed by atoms with Crippen molar-refractivity contribution in [2.24, 2.45) is 5.92 Å². The summed E-state index contributed by atoms with van der Waals surface area (Å²) in [7, 11) is 0. The number of anilines is 1. The number of fused-ring (bicyclic) bond motifs is 1. The van der Waals surface area contributed by atoms with Gasteiger partial charge in [0, 0.05) is 25.2 Å².